The van der Waals surface area contributed by atoms with Gasteiger partial charge >= 0.3 is 0 Å². The van der Waals surface area contributed by atoms with E-state index in [0.29, 0.717) is 5.82 Å². The Bertz CT molecular complexity index is 887. The molecule has 7 heteroatoms. The van der Waals surface area contributed by atoms with Gasteiger partial charge in [-0.3, -0.25) is 0 Å². The molecule has 0 spiro atoms. The highest BCUT2D eigenvalue weighted by Crippen LogP contribution is 2.38. The molecule has 6 nitrogen and oxygen atoms in total. The molecule has 1 fully saturated rings. The quantitative estimate of drug-likeness (QED) is 0.690. The summed E-state index contributed by atoms with van der Waals surface area (Å²) in [5.74, 6) is 1.52. The summed E-state index contributed by atoms with van der Waals surface area (Å²) in [6.45, 7) is 7.87. The maximum absolute atomic E-state index is 9.74. The van der Waals surface area contributed by atoms with Gasteiger partial charge in [-0.05, 0) is 30.9 Å². The first-order valence-electron chi connectivity index (χ1n) is 9.43. The van der Waals surface area contributed by atoms with Gasteiger partial charge < -0.3 is 15.7 Å². The van der Waals surface area contributed by atoms with Crippen LogP contribution in [-0.2, 0) is 6.42 Å². The molecule has 148 valence electrons. The molecule has 0 saturated carbocycles. The van der Waals surface area contributed by atoms with E-state index in [1.165, 1.54) is 11.9 Å². The van der Waals surface area contributed by atoms with Crippen molar-refractivity contribution in [3.05, 3.63) is 18.0 Å². The van der Waals surface area contributed by atoms with Crippen molar-refractivity contribution in [3.8, 4) is 0 Å². The molecule has 1 aliphatic heterocycles. The van der Waals surface area contributed by atoms with Crippen LogP contribution < -0.4 is 10.6 Å². The largest absolute Gasteiger partial charge is 0.393 e. The van der Waals surface area contributed by atoms with Crippen molar-refractivity contribution in [1.29, 1.82) is 0 Å². The number of aryl methyl sites for hydroxylation is 1. The summed E-state index contributed by atoms with van der Waals surface area (Å²) in [5, 5.41) is 10.9. The zero-order valence-electron chi connectivity index (χ0n) is 15.7. The molecular formula is C20H31N5OS. The van der Waals surface area contributed by atoms with Crippen LogP contribution in [0, 0.1) is 0 Å². The Labute approximate surface area is 165 Å². The van der Waals surface area contributed by atoms with Crippen LogP contribution >= 0.6 is 11.3 Å². The van der Waals surface area contributed by atoms with Crippen LogP contribution in [0.25, 0.3) is 20.4 Å². The average molecular weight is 390 g/mol. The SMILES string of the molecule is C.CC.CCCc1cc(N2CCC(O)CC2)nc2sc3c(N)ncnc3c12. The molecule has 4 heterocycles. The molecule has 27 heavy (non-hydrogen) atoms. The van der Waals surface area contributed by atoms with Gasteiger partial charge in [-0.1, -0.05) is 34.6 Å². The number of aliphatic hydroxyl groups excluding tert-OH is 1. The molecule has 0 radical (unpaired) electrons. The summed E-state index contributed by atoms with van der Waals surface area (Å²) in [7, 11) is 0. The third-order valence-corrected chi connectivity index (χ3v) is 5.72. The fourth-order valence-electron chi connectivity index (χ4n) is 3.37. The number of aliphatic hydroxyl groups is 1. The monoisotopic (exact) mass is 389 g/mol. The predicted molar refractivity (Wildman–Crippen MR) is 117 cm³/mol. The van der Waals surface area contributed by atoms with E-state index in [1.54, 1.807) is 11.3 Å². The minimum atomic E-state index is -0.181. The number of nitrogen functional groups attached to an aromatic ring is 1. The number of aromatic nitrogens is 3. The molecule has 3 N–H and O–H groups in total. The van der Waals surface area contributed by atoms with Crippen molar-refractivity contribution in [2.45, 2.75) is 60.0 Å². The Morgan fingerprint density at radius 2 is 1.96 bits per heavy atom. The lowest BCUT2D eigenvalue weighted by molar-refractivity contribution is 0.145. The maximum atomic E-state index is 9.74. The Kier molecular flexibility index (Phi) is 7.33. The first kappa shape index (κ1) is 21.3. The predicted octanol–water partition coefficient (Wildman–Crippen LogP) is 4.40. The normalized spacial score (nSPS) is 14.7. The molecule has 0 unspecified atom stereocenters. The number of hydrogen-bond acceptors (Lipinski definition) is 7. The molecular weight excluding hydrogens is 358 g/mol. The minimum Gasteiger partial charge on any atom is -0.393 e. The summed E-state index contributed by atoms with van der Waals surface area (Å²) in [6, 6.07) is 2.19. The van der Waals surface area contributed by atoms with Crippen LogP contribution in [0.2, 0.25) is 0 Å². The van der Waals surface area contributed by atoms with Crippen LogP contribution in [0.3, 0.4) is 0 Å². The summed E-state index contributed by atoms with van der Waals surface area (Å²) in [4.78, 5) is 16.7. The molecule has 3 aromatic heterocycles. The fraction of sp³-hybridized carbons (Fsp3) is 0.550. The number of fused-ring (bicyclic) bond motifs is 3. The molecule has 0 atom stereocenters. The number of pyridine rings is 1. The van der Waals surface area contributed by atoms with Gasteiger partial charge in [-0.25, -0.2) is 15.0 Å². The van der Waals surface area contributed by atoms with Gasteiger partial charge in [-0.15, -0.1) is 11.3 Å². The summed E-state index contributed by atoms with van der Waals surface area (Å²) in [6.07, 6.45) is 4.99. The third kappa shape index (κ3) is 4.14. The minimum absolute atomic E-state index is 0. The molecule has 0 aromatic carbocycles. The number of anilines is 2. The third-order valence-electron chi connectivity index (χ3n) is 4.63. The van der Waals surface area contributed by atoms with E-state index in [2.05, 4.69) is 27.9 Å². The second-order valence-electron chi connectivity index (χ2n) is 6.33. The fourth-order valence-corrected chi connectivity index (χ4v) is 4.44. The van der Waals surface area contributed by atoms with E-state index < -0.39 is 0 Å². The van der Waals surface area contributed by atoms with E-state index in [1.807, 2.05) is 13.8 Å². The molecule has 0 aliphatic carbocycles. The summed E-state index contributed by atoms with van der Waals surface area (Å²) in [5.41, 5.74) is 8.22. The van der Waals surface area contributed by atoms with Gasteiger partial charge in [0.25, 0.3) is 0 Å². The average Bonchev–Trinajstić information content (AvgIpc) is 3.04. The number of rotatable bonds is 3. The number of hydrogen-bond donors (Lipinski definition) is 2. The maximum Gasteiger partial charge on any atom is 0.144 e. The molecule has 1 aliphatic rings. The molecule has 1 saturated heterocycles. The van der Waals surface area contributed by atoms with Crippen LogP contribution in [-0.4, -0.2) is 39.3 Å². The van der Waals surface area contributed by atoms with Crippen molar-refractivity contribution < 1.29 is 5.11 Å². The van der Waals surface area contributed by atoms with E-state index >= 15 is 0 Å². The molecule has 0 bridgehead atoms. The molecule has 3 aromatic rings. The van der Waals surface area contributed by atoms with Gasteiger partial charge in [-0.2, -0.15) is 0 Å². The highest BCUT2D eigenvalue weighted by molar-refractivity contribution is 7.26. The second kappa shape index (κ2) is 9.28. The zero-order chi connectivity index (χ0) is 18.7. The highest BCUT2D eigenvalue weighted by atomic mass is 32.1. The van der Waals surface area contributed by atoms with Crippen molar-refractivity contribution >= 4 is 43.4 Å². The summed E-state index contributed by atoms with van der Waals surface area (Å²) < 4.78 is 0.920. The van der Waals surface area contributed by atoms with Crippen molar-refractivity contribution in [1.82, 2.24) is 15.0 Å². The second-order valence-corrected chi connectivity index (χ2v) is 7.33. The van der Waals surface area contributed by atoms with Crippen molar-refractivity contribution in [2.24, 2.45) is 0 Å². The van der Waals surface area contributed by atoms with Gasteiger partial charge in [0.2, 0.25) is 0 Å². The molecule has 4 rings (SSSR count). The zero-order valence-corrected chi connectivity index (χ0v) is 16.5. The van der Waals surface area contributed by atoms with Crippen LogP contribution in [0.4, 0.5) is 11.6 Å². The van der Waals surface area contributed by atoms with E-state index in [-0.39, 0.29) is 13.5 Å². The summed E-state index contributed by atoms with van der Waals surface area (Å²) >= 11 is 1.57. The number of thiophene rings is 1. The van der Waals surface area contributed by atoms with Gasteiger partial charge in [0.05, 0.1) is 16.3 Å². The lowest BCUT2D eigenvalue weighted by Crippen LogP contribution is -2.36. The first-order chi connectivity index (χ1) is 12.7. The van der Waals surface area contributed by atoms with E-state index in [4.69, 9.17) is 10.7 Å². The first-order valence-corrected chi connectivity index (χ1v) is 10.2. The Morgan fingerprint density at radius 3 is 2.63 bits per heavy atom. The van der Waals surface area contributed by atoms with E-state index in [0.717, 1.165) is 65.0 Å². The van der Waals surface area contributed by atoms with Crippen molar-refractivity contribution in [2.75, 3.05) is 23.7 Å². The lowest BCUT2D eigenvalue weighted by atomic mass is 10.1. The lowest BCUT2D eigenvalue weighted by Gasteiger charge is -2.30. The van der Waals surface area contributed by atoms with Crippen molar-refractivity contribution in [3.63, 3.8) is 0 Å². The smallest absolute Gasteiger partial charge is 0.144 e. The number of nitrogens with zero attached hydrogens (tertiary/aromatic N) is 4. The highest BCUT2D eigenvalue weighted by Gasteiger charge is 2.21. The van der Waals surface area contributed by atoms with E-state index in [9.17, 15) is 5.11 Å². The van der Waals surface area contributed by atoms with Gasteiger partial charge in [0.15, 0.2) is 0 Å². The Morgan fingerprint density at radius 1 is 1.26 bits per heavy atom. The topological polar surface area (TPSA) is 88.2 Å². The van der Waals surface area contributed by atoms with Crippen LogP contribution in [0.15, 0.2) is 12.4 Å². The van der Waals surface area contributed by atoms with Crippen LogP contribution in [0.5, 0.6) is 0 Å². The number of nitrogens with two attached hydrogens (primary N) is 1. The van der Waals surface area contributed by atoms with Crippen LogP contribution in [0.1, 0.15) is 53.0 Å². The Balaban J connectivity index is 0.000000844. The van der Waals surface area contributed by atoms with Gasteiger partial charge in [0.1, 0.15) is 22.8 Å². The number of piperidine rings is 1. The Hall–Kier alpha value is -1.99. The standard InChI is InChI=1S/C17H21N5OS.C2H6.CH4/c1-2-3-10-8-12(22-6-4-11(23)5-7-22)21-17-13(10)14-15(24-17)16(18)20-9-19-14;1-2;/h8-9,11,23H,2-7H2,1H3,(H2,18,19,20);1-2H3;1H4. The van der Waals surface area contributed by atoms with Gasteiger partial charge in [0, 0.05) is 18.5 Å². The molecule has 0 amide bonds.